The number of hydrogen-bond donors (Lipinski definition) is 1. The van der Waals surface area contributed by atoms with Gasteiger partial charge < -0.3 is 10.1 Å². The summed E-state index contributed by atoms with van der Waals surface area (Å²) < 4.78 is 5.75. The third-order valence-corrected chi connectivity index (χ3v) is 2.45. The van der Waals surface area contributed by atoms with Crippen molar-refractivity contribution >= 4 is 5.82 Å². The zero-order valence-corrected chi connectivity index (χ0v) is 9.97. The molecule has 0 saturated carbocycles. The summed E-state index contributed by atoms with van der Waals surface area (Å²) >= 11 is 0. The third-order valence-electron chi connectivity index (χ3n) is 2.45. The van der Waals surface area contributed by atoms with Gasteiger partial charge in [0.05, 0.1) is 5.56 Å². The highest BCUT2D eigenvalue weighted by atomic mass is 16.5. The molecule has 1 aromatic heterocycles. The number of ether oxygens (including phenoxy) is 1. The van der Waals surface area contributed by atoms with E-state index >= 15 is 0 Å². The van der Waals surface area contributed by atoms with Crippen LogP contribution in [0.25, 0.3) is 0 Å². The number of aromatic nitrogens is 2. The predicted octanol–water partition coefficient (Wildman–Crippen LogP) is 2.87. The van der Waals surface area contributed by atoms with Gasteiger partial charge in [-0.05, 0) is 18.6 Å². The molecule has 0 aliphatic rings. The standard InChI is InChI=1S/C13H15N3O/c1-3-11-12(14-2)15-9-16-13(11)17-10-7-5-4-6-8-10/h4-9H,3H2,1-2H3,(H,14,15,16). The molecule has 0 amide bonds. The molecule has 0 saturated heterocycles. The minimum absolute atomic E-state index is 0.609. The molecule has 0 atom stereocenters. The van der Waals surface area contributed by atoms with E-state index in [-0.39, 0.29) is 0 Å². The van der Waals surface area contributed by atoms with Gasteiger partial charge in [-0.2, -0.15) is 0 Å². The summed E-state index contributed by atoms with van der Waals surface area (Å²) in [6.07, 6.45) is 2.32. The van der Waals surface area contributed by atoms with Crippen molar-refractivity contribution in [2.24, 2.45) is 0 Å². The number of rotatable bonds is 4. The van der Waals surface area contributed by atoms with Crippen LogP contribution in [0.4, 0.5) is 5.82 Å². The van der Waals surface area contributed by atoms with Crippen LogP contribution in [0.15, 0.2) is 36.7 Å². The highest BCUT2D eigenvalue weighted by Crippen LogP contribution is 2.26. The summed E-state index contributed by atoms with van der Waals surface area (Å²) in [5.41, 5.74) is 0.985. The van der Waals surface area contributed by atoms with Crippen molar-refractivity contribution in [1.82, 2.24) is 9.97 Å². The Bertz CT molecular complexity index is 485. The number of hydrogen-bond acceptors (Lipinski definition) is 4. The van der Waals surface area contributed by atoms with E-state index in [1.807, 2.05) is 37.4 Å². The summed E-state index contributed by atoms with van der Waals surface area (Å²) in [5.74, 6) is 2.20. The van der Waals surface area contributed by atoms with Gasteiger partial charge >= 0.3 is 0 Å². The van der Waals surface area contributed by atoms with Crippen molar-refractivity contribution in [2.75, 3.05) is 12.4 Å². The van der Waals surface area contributed by atoms with Gasteiger partial charge in [0.15, 0.2) is 0 Å². The molecule has 0 unspecified atom stereocenters. The molecule has 0 fully saturated rings. The number of nitrogens with zero attached hydrogens (tertiary/aromatic N) is 2. The summed E-state index contributed by atoms with van der Waals surface area (Å²) in [6, 6.07) is 9.62. The normalized spacial score (nSPS) is 10.0. The van der Waals surface area contributed by atoms with E-state index in [1.165, 1.54) is 6.33 Å². The van der Waals surface area contributed by atoms with E-state index in [4.69, 9.17) is 4.74 Å². The first-order valence-electron chi connectivity index (χ1n) is 5.59. The fraction of sp³-hybridized carbons (Fsp3) is 0.231. The third kappa shape index (κ3) is 2.53. The van der Waals surface area contributed by atoms with Gasteiger partial charge in [-0.3, -0.25) is 0 Å². The average molecular weight is 229 g/mol. The lowest BCUT2D eigenvalue weighted by Crippen LogP contribution is -2.02. The molecule has 0 aliphatic heterocycles. The van der Waals surface area contributed by atoms with Gasteiger partial charge in [0.2, 0.25) is 5.88 Å². The van der Waals surface area contributed by atoms with Crippen LogP contribution in [-0.4, -0.2) is 17.0 Å². The van der Waals surface area contributed by atoms with Crippen LogP contribution < -0.4 is 10.1 Å². The number of para-hydroxylation sites is 1. The Morgan fingerprint density at radius 2 is 1.94 bits per heavy atom. The molecule has 17 heavy (non-hydrogen) atoms. The SMILES string of the molecule is CCc1c(NC)ncnc1Oc1ccccc1. The molecule has 0 spiro atoms. The van der Waals surface area contributed by atoms with Crippen LogP contribution in [0.2, 0.25) is 0 Å². The van der Waals surface area contributed by atoms with Gasteiger partial charge in [-0.1, -0.05) is 25.1 Å². The molecule has 0 radical (unpaired) electrons. The Morgan fingerprint density at radius 3 is 2.59 bits per heavy atom. The molecule has 4 heteroatoms. The van der Waals surface area contributed by atoms with Gasteiger partial charge in [-0.15, -0.1) is 0 Å². The molecule has 1 aromatic carbocycles. The second kappa shape index (κ2) is 5.30. The highest BCUT2D eigenvalue weighted by Gasteiger charge is 2.10. The smallest absolute Gasteiger partial charge is 0.227 e. The first kappa shape index (κ1) is 11.4. The maximum Gasteiger partial charge on any atom is 0.227 e. The molecule has 2 aromatic rings. The Morgan fingerprint density at radius 1 is 1.18 bits per heavy atom. The van der Waals surface area contributed by atoms with Crippen molar-refractivity contribution in [3.8, 4) is 11.6 Å². The van der Waals surface area contributed by atoms with Crippen molar-refractivity contribution < 1.29 is 4.74 Å². The van der Waals surface area contributed by atoms with Crippen LogP contribution in [0.1, 0.15) is 12.5 Å². The second-order valence-corrected chi connectivity index (χ2v) is 3.52. The van der Waals surface area contributed by atoms with E-state index in [0.717, 1.165) is 23.6 Å². The van der Waals surface area contributed by atoms with Gasteiger partial charge in [0.1, 0.15) is 17.9 Å². The van der Waals surface area contributed by atoms with E-state index in [1.54, 1.807) is 0 Å². The summed E-state index contributed by atoms with van der Waals surface area (Å²) in [6.45, 7) is 2.05. The number of anilines is 1. The van der Waals surface area contributed by atoms with Crippen molar-refractivity contribution in [1.29, 1.82) is 0 Å². The van der Waals surface area contributed by atoms with Crippen molar-refractivity contribution in [2.45, 2.75) is 13.3 Å². The molecule has 2 rings (SSSR count). The average Bonchev–Trinajstić information content (AvgIpc) is 2.39. The van der Waals surface area contributed by atoms with Gasteiger partial charge in [0.25, 0.3) is 0 Å². The first-order chi connectivity index (χ1) is 8.35. The zero-order valence-electron chi connectivity index (χ0n) is 9.97. The van der Waals surface area contributed by atoms with Gasteiger partial charge in [0, 0.05) is 7.05 Å². The Kier molecular flexibility index (Phi) is 3.55. The molecule has 1 N–H and O–H groups in total. The van der Waals surface area contributed by atoms with Crippen molar-refractivity contribution in [3.63, 3.8) is 0 Å². The van der Waals surface area contributed by atoms with Gasteiger partial charge in [-0.25, -0.2) is 9.97 Å². The fourth-order valence-electron chi connectivity index (χ4n) is 1.62. The largest absolute Gasteiger partial charge is 0.439 e. The molecule has 1 heterocycles. The van der Waals surface area contributed by atoms with E-state index in [9.17, 15) is 0 Å². The maximum absolute atomic E-state index is 5.75. The van der Waals surface area contributed by atoms with E-state index in [2.05, 4.69) is 22.2 Å². The Balaban J connectivity index is 2.33. The molecular weight excluding hydrogens is 214 g/mol. The minimum atomic E-state index is 0.609. The zero-order chi connectivity index (χ0) is 12.1. The maximum atomic E-state index is 5.75. The van der Waals surface area contributed by atoms with Crippen LogP contribution in [-0.2, 0) is 6.42 Å². The summed E-state index contributed by atoms with van der Waals surface area (Å²) in [4.78, 5) is 8.35. The monoisotopic (exact) mass is 229 g/mol. The quantitative estimate of drug-likeness (QED) is 0.875. The van der Waals surface area contributed by atoms with Crippen LogP contribution in [0, 0.1) is 0 Å². The fourth-order valence-corrected chi connectivity index (χ4v) is 1.62. The number of nitrogens with one attached hydrogen (secondary N) is 1. The molecule has 88 valence electrons. The second-order valence-electron chi connectivity index (χ2n) is 3.52. The summed E-state index contributed by atoms with van der Waals surface area (Å²) in [5, 5.41) is 3.04. The predicted molar refractivity (Wildman–Crippen MR) is 67.5 cm³/mol. The molecule has 0 aliphatic carbocycles. The summed E-state index contributed by atoms with van der Waals surface area (Å²) in [7, 11) is 1.84. The van der Waals surface area contributed by atoms with E-state index in [0.29, 0.717) is 5.88 Å². The Hall–Kier alpha value is -2.10. The Labute approximate surface area is 101 Å². The number of benzene rings is 1. The van der Waals surface area contributed by atoms with Crippen LogP contribution in [0.5, 0.6) is 11.6 Å². The molecular formula is C13H15N3O. The van der Waals surface area contributed by atoms with E-state index < -0.39 is 0 Å². The first-order valence-corrected chi connectivity index (χ1v) is 5.59. The molecule has 0 bridgehead atoms. The lowest BCUT2D eigenvalue weighted by atomic mass is 10.2. The topological polar surface area (TPSA) is 47.0 Å². The minimum Gasteiger partial charge on any atom is -0.439 e. The molecule has 4 nitrogen and oxygen atoms in total. The van der Waals surface area contributed by atoms with Crippen LogP contribution >= 0.6 is 0 Å². The lowest BCUT2D eigenvalue weighted by molar-refractivity contribution is 0.455. The van der Waals surface area contributed by atoms with Crippen LogP contribution in [0.3, 0.4) is 0 Å². The lowest BCUT2D eigenvalue weighted by Gasteiger charge is -2.11. The van der Waals surface area contributed by atoms with Crippen molar-refractivity contribution in [3.05, 3.63) is 42.2 Å². The highest BCUT2D eigenvalue weighted by molar-refractivity contribution is 5.49.